The van der Waals surface area contributed by atoms with E-state index < -0.39 is 10.8 Å². The van der Waals surface area contributed by atoms with Gasteiger partial charge in [-0.05, 0) is 25.5 Å². The van der Waals surface area contributed by atoms with Crippen molar-refractivity contribution in [1.29, 1.82) is 0 Å². The molecule has 0 unspecified atom stereocenters. The van der Waals surface area contributed by atoms with Gasteiger partial charge in [0.1, 0.15) is 5.69 Å². The van der Waals surface area contributed by atoms with Gasteiger partial charge in [-0.3, -0.25) is 14.9 Å². The monoisotopic (exact) mass is 288 g/mol. The van der Waals surface area contributed by atoms with E-state index in [4.69, 9.17) is 11.5 Å². The number of nitro benzene ring substituents is 1. The van der Waals surface area contributed by atoms with E-state index in [1.807, 2.05) is 0 Å². The predicted octanol–water partition coefficient (Wildman–Crippen LogP) is 0.984. The number of aryl methyl sites for hydroxylation is 1. The van der Waals surface area contributed by atoms with Crippen LogP contribution in [-0.4, -0.2) is 23.4 Å². The van der Waals surface area contributed by atoms with Crippen LogP contribution < -0.4 is 16.8 Å². The minimum Gasteiger partial charge on any atom is -0.393 e. The molecule has 1 aromatic rings. The first kappa shape index (κ1) is 17.1. The van der Waals surface area contributed by atoms with Crippen molar-refractivity contribution in [1.82, 2.24) is 5.32 Å². The van der Waals surface area contributed by atoms with Crippen molar-refractivity contribution < 1.29 is 9.72 Å². The first-order chi connectivity index (χ1) is 8.36. The molecule has 0 aliphatic carbocycles. The van der Waals surface area contributed by atoms with Gasteiger partial charge in [0.25, 0.3) is 11.6 Å². The second kappa shape index (κ2) is 6.91. The molecule has 0 radical (unpaired) electrons. The third-order valence-electron chi connectivity index (χ3n) is 2.47. The van der Waals surface area contributed by atoms with E-state index in [-0.39, 0.29) is 41.9 Å². The summed E-state index contributed by atoms with van der Waals surface area (Å²) < 4.78 is 0. The third-order valence-corrected chi connectivity index (χ3v) is 2.47. The molecule has 0 aliphatic heterocycles. The number of nitro groups is 1. The van der Waals surface area contributed by atoms with Crippen LogP contribution in [0.3, 0.4) is 0 Å². The normalized spacial score (nSPS) is 11.3. The molecule has 0 saturated carbocycles. The van der Waals surface area contributed by atoms with Crippen molar-refractivity contribution in [3.63, 3.8) is 0 Å². The molecule has 1 rings (SSSR count). The van der Waals surface area contributed by atoms with E-state index >= 15 is 0 Å². The number of nitrogens with two attached hydrogens (primary N) is 2. The maximum Gasteiger partial charge on any atom is 0.293 e. The SMILES string of the molecule is Cc1cc(C(=O)N[C@@H](C)CN)c(N)c([N+](=O)[O-])c1.Cl. The second-order valence-corrected chi connectivity index (χ2v) is 4.11. The molecule has 0 saturated heterocycles. The van der Waals surface area contributed by atoms with Crippen LogP contribution in [-0.2, 0) is 0 Å². The number of nitrogen functional groups attached to an aromatic ring is 1. The molecular weight excluding hydrogens is 272 g/mol. The molecule has 106 valence electrons. The Kier molecular flexibility index (Phi) is 6.23. The molecule has 5 N–H and O–H groups in total. The highest BCUT2D eigenvalue weighted by molar-refractivity contribution is 6.01. The molecule has 0 aromatic heterocycles. The van der Waals surface area contributed by atoms with Crippen LogP contribution in [0, 0.1) is 17.0 Å². The molecule has 1 aromatic carbocycles. The van der Waals surface area contributed by atoms with Gasteiger partial charge in [-0.15, -0.1) is 12.4 Å². The molecule has 0 spiro atoms. The van der Waals surface area contributed by atoms with Gasteiger partial charge in [0.05, 0.1) is 10.5 Å². The lowest BCUT2D eigenvalue weighted by Gasteiger charge is -2.13. The lowest BCUT2D eigenvalue weighted by molar-refractivity contribution is -0.384. The van der Waals surface area contributed by atoms with E-state index in [1.54, 1.807) is 13.8 Å². The highest BCUT2D eigenvalue weighted by atomic mass is 35.5. The van der Waals surface area contributed by atoms with Crippen LogP contribution in [0.4, 0.5) is 11.4 Å². The van der Waals surface area contributed by atoms with Gasteiger partial charge in [-0.2, -0.15) is 0 Å². The zero-order valence-electron chi connectivity index (χ0n) is 10.7. The number of hydrogen-bond acceptors (Lipinski definition) is 5. The minimum atomic E-state index is -0.606. The van der Waals surface area contributed by atoms with Crippen molar-refractivity contribution in [3.8, 4) is 0 Å². The summed E-state index contributed by atoms with van der Waals surface area (Å²) in [5.41, 5.74) is 11.3. The summed E-state index contributed by atoms with van der Waals surface area (Å²) in [4.78, 5) is 22.1. The third kappa shape index (κ3) is 4.08. The first-order valence-electron chi connectivity index (χ1n) is 5.42. The van der Waals surface area contributed by atoms with Crippen LogP contribution >= 0.6 is 12.4 Å². The number of benzene rings is 1. The van der Waals surface area contributed by atoms with Crippen LogP contribution in [0.15, 0.2) is 12.1 Å². The van der Waals surface area contributed by atoms with Gasteiger partial charge < -0.3 is 16.8 Å². The summed E-state index contributed by atoms with van der Waals surface area (Å²) in [7, 11) is 0. The molecule has 19 heavy (non-hydrogen) atoms. The van der Waals surface area contributed by atoms with Crippen LogP contribution in [0.25, 0.3) is 0 Å². The molecule has 0 heterocycles. The fourth-order valence-electron chi connectivity index (χ4n) is 1.48. The van der Waals surface area contributed by atoms with Crippen LogP contribution in [0.5, 0.6) is 0 Å². The number of nitrogens with one attached hydrogen (secondary N) is 1. The number of carbonyl (C=O) groups is 1. The molecule has 1 amide bonds. The van der Waals surface area contributed by atoms with Crippen molar-refractivity contribution in [2.75, 3.05) is 12.3 Å². The lowest BCUT2D eigenvalue weighted by Crippen LogP contribution is -2.38. The quantitative estimate of drug-likeness (QED) is 0.433. The number of anilines is 1. The second-order valence-electron chi connectivity index (χ2n) is 4.11. The number of amides is 1. The average molecular weight is 289 g/mol. The summed E-state index contributed by atoms with van der Waals surface area (Å²) >= 11 is 0. The Balaban J connectivity index is 0.00000324. The van der Waals surface area contributed by atoms with Gasteiger partial charge >= 0.3 is 0 Å². The molecular formula is C11H17ClN4O3. The molecule has 0 bridgehead atoms. The van der Waals surface area contributed by atoms with Gasteiger partial charge in [0.15, 0.2) is 0 Å². The largest absolute Gasteiger partial charge is 0.393 e. The van der Waals surface area contributed by atoms with Crippen LogP contribution in [0.1, 0.15) is 22.8 Å². The standard InChI is InChI=1S/C11H16N4O3.ClH/c1-6-3-8(11(16)14-7(2)5-12)10(13)9(4-6)15(17)18;/h3-4,7H,5,12-13H2,1-2H3,(H,14,16);1H/t7-;/m0./s1. The Hall–Kier alpha value is -1.86. The number of hydrogen-bond donors (Lipinski definition) is 3. The maximum absolute atomic E-state index is 11.9. The molecule has 7 nitrogen and oxygen atoms in total. The van der Waals surface area contributed by atoms with Gasteiger partial charge in [0, 0.05) is 18.7 Å². The highest BCUT2D eigenvalue weighted by Gasteiger charge is 2.21. The van der Waals surface area contributed by atoms with Crippen molar-refractivity contribution >= 4 is 29.7 Å². The topological polar surface area (TPSA) is 124 Å². The van der Waals surface area contributed by atoms with Crippen molar-refractivity contribution in [2.45, 2.75) is 19.9 Å². The average Bonchev–Trinajstić information content (AvgIpc) is 2.30. The summed E-state index contributed by atoms with van der Waals surface area (Å²) in [5, 5.41) is 13.4. The van der Waals surface area contributed by atoms with E-state index in [2.05, 4.69) is 5.32 Å². The van der Waals surface area contributed by atoms with Gasteiger partial charge in [0.2, 0.25) is 0 Å². The molecule has 0 fully saturated rings. The van der Waals surface area contributed by atoms with Gasteiger partial charge in [-0.1, -0.05) is 0 Å². The summed E-state index contributed by atoms with van der Waals surface area (Å²) in [6.07, 6.45) is 0. The van der Waals surface area contributed by atoms with Crippen LogP contribution in [0.2, 0.25) is 0 Å². The summed E-state index contributed by atoms with van der Waals surface area (Å²) in [5.74, 6) is -0.461. The predicted molar refractivity (Wildman–Crippen MR) is 75.5 cm³/mol. The van der Waals surface area contributed by atoms with Gasteiger partial charge in [-0.25, -0.2) is 0 Å². The Morgan fingerprint density at radius 3 is 2.58 bits per heavy atom. The Bertz CT molecular complexity index is 493. The molecule has 8 heteroatoms. The minimum absolute atomic E-state index is 0. The molecule has 1 atom stereocenters. The maximum atomic E-state index is 11.9. The fourth-order valence-corrected chi connectivity index (χ4v) is 1.48. The summed E-state index contributed by atoms with van der Waals surface area (Å²) in [6, 6.07) is 2.62. The Morgan fingerprint density at radius 1 is 1.53 bits per heavy atom. The van der Waals surface area contributed by atoms with E-state index in [0.29, 0.717) is 5.56 Å². The van der Waals surface area contributed by atoms with E-state index in [9.17, 15) is 14.9 Å². The lowest BCUT2D eigenvalue weighted by atomic mass is 10.1. The smallest absolute Gasteiger partial charge is 0.293 e. The fraction of sp³-hybridized carbons (Fsp3) is 0.364. The Morgan fingerprint density at radius 2 is 2.11 bits per heavy atom. The van der Waals surface area contributed by atoms with Crippen molar-refractivity contribution in [2.24, 2.45) is 5.73 Å². The molecule has 0 aliphatic rings. The Labute approximate surface area is 116 Å². The van der Waals surface area contributed by atoms with Crippen molar-refractivity contribution in [3.05, 3.63) is 33.4 Å². The number of rotatable bonds is 4. The highest BCUT2D eigenvalue weighted by Crippen LogP contribution is 2.26. The zero-order chi connectivity index (χ0) is 13.9. The zero-order valence-corrected chi connectivity index (χ0v) is 11.5. The summed E-state index contributed by atoms with van der Waals surface area (Å²) in [6.45, 7) is 3.67. The number of nitrogens with zero attached hydrogens (tertiary/aromatic N) is 1. The van der Waals surface area contributed by atoms with E-state index in [1.165, 1.54) is 12.1 Å². The van der Waals surface area contributed by atoms with E-state index in [0.717, 1.165) is 0 Å². The first-order valence-corrected chi connectivity index (χ1v) is 5.42. The number of halogens is 1. The number of carbonyl (C=O) groups excluding carboxylic acids is 1.